The van der Waals surface area contributed by atoms with Gasteiger partial charge in [-0.25, -0.2) is 4.98 Å². The van der Waals surface area contributed by atoms with Gasteiger partial charge in [0.05, 0.1) is 0 Å². The number of aromatic nitrogens is 1. The fourth-order valence-electron chi connectivity index (χ4n) is 2.50. The minimum atomic E-state index is 0.809. The average Bonchev–Trinajstić information content (AvgIpc) is 2.40. The number of halogens is 1. The lowest BCUT2D eigenvalue weighted by Crippen LogP contribution is -2.37. The fourth-order valence-corrected chi connectivity index (χ4v) is 2.73. The van der Waals surface area contributed by atoms with E-state index in [4.69, 9.17) is 0 Å². The van der Waals surface area contributed by atoms with Gasteiger partial charge in [-0.2, -0.15) is 0 Å². The van der Waals surface area contributed by atoms with Gasteiger partial charge in [-0.15, -0.1) is 0 Å². The zero-order chi connectivity index (χ0) is 12.8. The number of piperidine rings is 1. The lowest BCUT2D eigenvalue weighted by atomic mass is 9.97. The van der Waals surface area contributed by atoms with Crippen molar-refractivity contribution in [2.24, 2.45) is 5.92 Å². The summed E-state index contributed by atoms with van der Waals surface area (Å²) in [6.07, 6.45) is 5.64. The van der Waals surface area contributed by atoms with E-state index in [1.807, 2.05) is 6.20 Å². The van der Waals surface area contributed by atoms with E-state index in [1.165, 1.54) is 32.4 Å². The van der Waals surface area contributed by atoms with Gasteiger partial charge in [-0.05, 0) is 66.3 Å². The first-order valence-corrected chi connectivity index (χ1v) is 7.66. The van der Waals surface area contributed by atoms with E-state index in [0.717, 1.165) is 29.3 Å². The molecule has 2 heterocycles. The molecule has 3 nitrogen and oxygen atoms in total. The van der Waals surface area contributed by atoms with Crippen LogP contribution in [0.2, 0.25) is 0 Å². The second-order valence-electron chi connectivity index (χ2n) is 4.97. The maximum absolute atomic E-state index is 4.53. The molecule has 1 aromatic rings. The number of nitrogens with one attached hydrogen (secondary N) is 1. The van der Waals surface area contributed by atoms with Gasteiger partial charge in [-0.3, -0.25) is 0 Å². The zero-order valence-electron chi connectivity index (χ0n) is 11.0. The number of hydrogen-bond acceptors (Lipinski definition) is 3. The highest BCUT2D eigenvalue weighted by atomic mass is 79.9. The molecule has 0 saturated carbocycles. The maximum atomic E-state index is 4.53. The Bertz CT molecular complexity index is 347. The first-order valence-electron chi connectivity index (χ1n) is 6.87. The molecule has 1 N–H and O–H groups in total. The molecule has 2 rings (SSSR count). The maximum Gasteiger partial charge on any atom is 0.128 e. The molecule has 4 heteroatoms. The first kappa shape index (κ1) is 13.8. The van der Waals surface area contributed by atoms with Crippen molar-refractivity contribution in [3.63, 3.8) is 0 Å². The van der Waals surface area contributed by atoms with Crippen molar-refractivity contribution >= 4 is 21.7 Å². The van der Waals surface area contributed by atoms with E-state index in [9.17, 15) is 0 Å². The third-order valence-corrected chi connectivity index (χ3v) is 3.94. The molecular formula is C14H22BrN3. The SMILES string of the molecule is CCCN(CC1CCNCC1)c1ccc(Br)cn1. The summed E-state index contributed by atoms with van der Waals surface area (Å²) in [6.45, 7) is 6.80. The van der Waals surface area contributed by atoms with E-state index in [-0.39, 0.29) is 0 Å². The molecule has 0 atom stereocenters. The predicted molar refractivity (Wildman–Crippen MR) is 80.0 cm³/mol. The number of rotatable bonds is 5. The van der Waals surface area contributed by atoms with Crippen LogP contribution in [0.4, 0.5) is 5.82 Å². The summed E-state index contributed by atoms with van der Waals surface area (Å²) >= 11 is 3.44. The van der Waals surface area contributed by atoms with E-state index in [2.05, 4.69) is 50.2 Å². The van der Waals surface area contributed by atoms with Crippen molar-refractivity contribution in [2.75, 3.05) is 31.1 Å². The zero-order valence-corrected chi connectivity index (χ0v) is 12.6. The van der Waals surface area contributed by atoms with Gasteiger partial charge >= 0.3 is 0 Å². The standard InChI is InChI=1S/C14H22BrN3/c1-2-9-18(11-12-5-7-16-8-6-12)14-4-3-13(15)10-17-14/h3-4,10,12,16H,2,5-9,11H2,1H3. The van der Waals surface area contributed by atoms with Crippen molar-refractivity contribution in [2.45, 2.75) is 26.2 Å². The molecule has 0 bridgehead atoms. The summed E-state index contributed by atoms with van der Waals surface area (Å²) in [4.78, 5) is 6.96. The van der Waals surface area contributed by atoms with Gasteiger partial charge < -0.3 is 10.2 Å². The summed E-state index contributed by atoms with van der Waals surface area (Å²) in [5, 5.41) is 3.43. The van der Waals surface area contributed by atoms with Crippen LogP contribution in [0, 0.1) is 5.92 Å². The van der Waals surface area contributed by atoms with E-state index >= 15 is 0 Å². The highest BCUT2D eigenvalue weighted by Gasteiger charge is 2.17. The fraction of sp³-hybridized carbons (Fsp3) is 0.643. The number of pyridine rings is 1. The Kier molecular flexibility index (Phi) is 5.45. The minimum Gasteiger partial charge on any atom is -0.356 e. The Morgan fingerprint density at radius 1 is 1.39 bits per heavy atom. The highest BCUT2D eigenvalue weighted by Crippen LogP contribution is 2.19. The van der Waals surface area contributed by atoms with Crippen LogP contribution < -0.4 is 10.2 Å². The molecule has 0 amide bonds. The van der Waals surface area contributed by atoms with Crippen LogP contribution in [0.25, 0.3) is 0 Å². The second kappa shape index (κ2) is 7.10. The summed E-state index contributed by atoms with van der Waals surface area (Å²) < 4.78 is 1.05. The van der Waals surface area contributed by atoms with Crippen LogP contribution in [0.1, 0.15) is 26.2 Å². The van der Waals surface area contributed by atoms with Crippen molar-refractivity contribution in [3.8, 4) is 0 Å². The van der Waals surface area contributed by atoms with E-state index in [0.29, 0.717) is 0 Å². The average molecular weight is 312 g/mol. The summed E-state index contributed by atoms with van der Waals surface area (Å²) in [5.74, 6) is 1.92. The van der Waals surface area contributed by atoms with Crippen molar-refractivity contribution < 1.29 is 0 Å². The third-order valence-electron chi connectivity index (χ3n) is 3.47. The van der Waals surface area contributed by atoms with Crippen molar-refractivity contribution in [1.29, 1.82) is 0 Å². The molecule has 1 saturated heterocycles. The smallest absolute Gasteiger partial charge is 0.128 e. The van der Waals surface area contributed by atoms with Gasteiger partial charge in [0.1, 0.15) is 5.82 Å². The largest absolute Gasteiger partial charge is 0.356 e. The molecule has 18 heavy (non-hydrogen) atoms. The van der Waals surface area contributed by atoms with Crippen LogP contribution in [-0.2, 0) is 0 Å². The van der Waals surface area contributed by atoms with Gasteiger partial charge in [-0.1, -0.05) is 6.92 Å². The lowest BCUT2D eigenvalue weighted by Gasteiger charge is -2.30. The second-order valence-corrected chi connectivity index (χ2v) is 5.89. The Labute approximate surface area is 118 Å². The molecule has 1 aliphatic heterocycles. The molecule has 1 aliphatic rings. The molecule has 0 unspecified atom stereocenters. The topological polar surface area (TPSA) is 28.2 Å². The van der Waals surface area contributed by atoms with Gasteiger partial charge in [0.15, 0.2) is 0 Å². The van der Waals surface area contributed by atoms with E-state index in [1.54, 1.807) is 0 Å². The molecule has 0 aromatic carbocycles. The van der Waals surface area contributed by atoms with Crippen LogP contribution >= 0.6 is 15.9 Å². The van der Waals surface area contributed by atoms with Gasteiger partial charge in [0, 0.05) is 23.8 Å². The molecule has 1 aromatic heterocycles. The van der Waals surface area contributed by atoms with Crippen molar-refractivity contribution in [1.82, 2.24) is 10.3 Å². The van der Waals surface area contributed by atoms with Crippen LogP contribution in [0.5, 0.6) is 0 Å². The summed E-state index contributed by atoms with van der Waals surface area (Å²) in [5.41, 5.74) is 0. The minimum absolute atomic E-state index is 0.809. The molecule has 0 radical (unpaired) electrons. The Balaban J connectivity index is 2.00. The Morgan fingerprint density at radius 3 is 2.78 bits per heavy atom. The molecule has 0 spiro atoms. The molecular weight excluding hydrogens is 290 g/mol. The van der Waals surface area contributed by atoms with Gasteiger partial charge in [0.25, 0.3) is 0 Å². The van der Waals surface area contributed by atoms with Crippen LogP contribution in [0.15, 0.2) is 22.8 Å². The molecule has 100 valence electrons. The van der Waals surface area contributed by atoms with Gasteiger partial charge in [0.2, 0.25) is 0 Å². The quantitative estimate of drug-likeness (QED) is 0.906. The number of hydrogen-bond donors (Lipinski definition) is 1. The summed E-state index contributed by atoms with van der Waals surface area (Å²) in [7, 11) is 0. The molecule has 1 fully saturated rings. The third kappa shape index (κ3) is 3.95. The van der Waals surface area contributed by atoms with Crippen LogP contribution in [-0.4, -0.2) is 31.2 Å². The normalized spacial score (nSPS) is 16.8. The lowest BCUT2D eigenvalue weighted by molar-refractivity contribution is 0.372. The Hall–Kier alpha value is -0.610. The monoisotopic (exact) mass is 311 g/mol. The van der Waals surface area contributed by atoms with Crippen LogP contribution in [0.3, 0.4) is 0 Å². The first-order chi connectivity index (χ1) is 8.79. The van der Waals surface area contributed by atoms with Crippen molar-refractivity contribution in [3.05, 3.63) is 22.8 Å². The highest BCUT2D eigenvalue weighted by molar-refractivity contribution is 9.10. The predicted octanol–water partition coefficient (Wildman–Crippen LogP) is 3.06. The number of anilines is 1. The summed E-state index contributed by atoms with van der Waals surface area (Å²) in [6, 6.07) is 4.19. The van der Waals surface area contributed by atoms with E-state index < -0.39 is 0 Å². The number of nitrogens with zero attached hydrogens (tertiary/aromatic N) is 2. The Morgan fingerprint density at radius 2 is 2.17 bits per heavy atom. The molecule has 0 aliphatic carbocycles.